The van der Waals surface area contributed by atoms with Crippen molar-refractivity contribution in [3.63, 3.8) is 0 Å². The van der Waals surface area contributed by atoms with Gasteiger partial charge in [-0.2, -0.15) is 0 Å². The minimum atomic E-state index is -3.64. The van der Waals surface area contributed by atoms with Crippen LogP contribution in [0, 0.1) is 19.8 Å². The Labute approximate surface area is 219 Å². The average molecular weight is 516 g/mol. The lowest BCUT2D eigenvalue weighted by molar-refractivity contribution is 0.0819. The lowest BCUT2D eigenvalue weighted by Gasteiger charge is -2.24. The van der Waals surface area contributed by atoms with Gasteiger partial charge < -0.3 is 4.90 Å². The Kier molecular flexibility index (Phi) is 7.29. The van der Waals surface area contributed by atoms with E-state index in [2.05, 4.69) is 9.62 Å². The Bertz CT molecular complexity index is 1380. The fourth-order valence-corrected chi connectivity index (χ4v) is 6.73. The molecule has 7 heteroatoms. The van der Waals surface area contributed by atoms with E-state index in [0.29, 0.717) is 18.9 Å². The van der Waals surface area contributed by atoms with Crippen molar-refractivity contribution in [1.82, 2.24) is 14.5 Å². The van der Waals surface area contributed by atoms with E-state index in [0.717, 1.165) is 41.9 Å². The number of carbonyl (C=O) groups is 1. The van der Waals surface area contributed by atoms with Gasteiger partial charge in [-0.15, -0.1) is 0 Å². The van der Waals surface area contributed by atoms with Gasteiger partial charge in [0.1, 0.15) is 0 Å². The van der Waals surface area contributed by atoms with Gasteiger partial charge >= 0.3 is 0 Å². The zero-order valence-electron chi connectivity index (χ0n) is 21.3. The van der Waals surface area contributed by atoms with E-state index in [1.165, 1.54) is 5.57 Å². The van der Waals surface area contributed by atoms with E-state index in [1.54, 1.807) is 24.3 Å². The molecule has 1 N–H and O–H groups in total. The molecule has 0 bridgehead atoms. The van der Waals surface area contributed by atoms with Crippen LogP contribution in [-0.4, -0.2) is 50.3 Å². The molecular formula is C30H33N3O3S. The number of hydrogen-bond donors (Lipinski definition) is 1. The molecule has 192 valence electrons. The molecule has 2 aliphatic heterocycles. The minimum absolute atomic E-state index is 0.0727. The number of amides is 1. The van der Waals surface area contributed by atoms with Gasteiger partial charge in [0.15, 0.2) is 0 Å². The summed E-state index contributed by atoms with van der Waals surface area (Å²) in [5.41, 5.74) is 5.04. The fraction of sp³-hybridized carbons (Fsp3) is 0.300. The molecule has 37 heavy (non-hydrogen) atoms. The van der Waals surface area contributed by atoms with Crippen LogP contribution in [0.3, 0.4) is 0 Å². The SMILES string of the molecule is Cc1cccc(C)c1C(=O)N1C=C2CN(CCC(NS(=O)(=O)c3ccccc3)c3ccccc3)CC2C1. The van der Waals surface area contributed by atoms with Crippen LogP contribution in [0.5, 0.6) is 0 Å². The van der Waals surface area contributed by atoms with E-state index >= 15 is 0 Å². The van der Waals surface area contributed by atoms with Crippen LogP contribution in [0.1, 0.15) is 39.5 Å². The zero-order chi connectivity index (χ0) is 26.0. The maximum Gasteiger partial charge on any atom is 0.258 e. The van der Waals surface area contributed by atoms with Crippen LogP contribution >= 0.6 is 0 Å². The summed E-state index contributed by atoms with van der Waals surface area (Å²) in [6.45, 7) is 7.10. The maximum absolute atomic E-state index is 13.2. The molecule has 6 nitrogen and oxygen atoms in total. The third kappa shape index (κ3) is 5.54. The number of hydrogen-bond acceptors (Lipinski definition) is 4. The Hall–Kier alpha value is -3.26. The molecule has 3 aromatic rings. The second-order valence-corrected chi connectivity index (χ2v) is 11.8. The number of fused-ring (bicyclic) bond motifs is 1. The fourth-order valence-electron chi connectivity index (χ4n) is 5.45. The molecule has 2 heterocycles. The van der Waals surface area contributed by atoms with Crippen molar-refractivity contribution in [2.45, 2.75) is 31.2 Å². The highest BCUT2D eigenvalue weighted by Crippen LogP contribution is 2.32. The van der Waals surface area contributed by atoms with Gasteiger partial charge in [0.25, 0.3) is 5.91 Å². The van der Waals surface area contributed by atoms with Crippen molar-refractivity contribution < 1.29 is 13.2 Å². The predicted octanol–water partition coefficient (Wildman–Crippen LogP) is 4.68. The first-order chi connectivity index (χ1) is 17.8. The number of likely N-dealkylation sites (tertiary alicyclic amines) is 1. The molecule has 3 aromatic carbocycles. The summed E-state index contributed by atoms with van der Waals surface area (Å²) in [5, 5.41) is 0. The lowest BCUT2D eigenvalue weighted by Crippen LogP contribution is -2.33. The first kappa shape index (κ1) is 25.4. The number of sulfonamides is 1. The second kappa shape index (κ2) is 10.6. The van der Waals surface area contributed by atoms with Gasteiger partial charge in [-0.1, -0.05) is 66.7 Å². The molecule has 2 atom stereocenters. The quantitative estimate of drug-likeness (QED) is 0.473. The first-order valence-electron chi connectivity index (χ1n) is 12.7. The van der Waals surface area contributed by atoms with Crippen molar-refractivity contribution in [3.8, 4) is 0 Å². The number of carbonyl (C=O) groups excluding carboxylic acids is 1. The van der Waals surface area contributed by atoms with E-state index in [9.17, 15) is 13.2 Å². The molecule has 2 unspecified atom stereocenters. The number of aryl methyl sites for hydroxylation is 2. The van der Waals surface area contributed by atoms with Crippen LogP contribution < -0.4 is 4.72 Å². The smallest absolute Gasteiger partial charge is 0.258 e. The van der Waals surface area contributed by atoms with Crippen LogP contribution in [0.15, 0.2) is 95.5 Å². The molecule has 0 saturated carbocycles. The summed E-state index contributed by atoms with van der Waals surface area (Å²) in [6.07, 6.45) is 2.69. The number of nitrogens with one attached hydrogen (secondary N) is 1. The van der Waals surface area contributed by atoms with E-state index in [4.69, 9.17) is 0 Å². The maximum atomic E-state index is 13.2. The number of rotatable bonds is 8. The van der Waals surface area contributed by atoms with Gasteiger partial charge in [-0.25, -0.2) is 13.1 Å². The molecule has 5 rings (SSSR count). The van der Waals surface area contributed by atoms with Crippen molar-refractivity contribution in [2.75, 3.05) is 26.2 Å². The molecule has 1 saturated heterocycles. The molecular weight excluding hydrogens is 482 g/mol. The van der Waals surface area contributed by atoms with Gasteiger partial charge in [-0.3, -0.25) is 9.69 Å². The van der Waals surface area contributed by atoms with Crippen LogP contribution in [0.4, 0.5) is 0 Å². The molecule has 0 aliphatic carbocycles. The highest BCUT2D eigenvalue weighted by atomic mass is 32.2. The Morgan fingerprint density at radius 1 is 0.919 bits per heavy atom. The van der Waals surface area contributed by atoms with Crippen LogP contribution in [0.2, 0.25) is 0 Å². The summed E-state index contributed by atoms with van der Waals surface area (Å²) in [6, 6.07) is 23.9. The Morgan fingerprint density at radius 3 is 2.22 bits per heavy atom. The van der Waals surface area contributed by atoms with Crippen molar-refractivity contribution in [3.05, 3.63) is 113 Å². The van der Waals surface area contributed by atoms with Crippen LogP contribution in [-0.2, 0) is 10.0 Å². The topological polar surface area (TPSA) is 69.7 Å². The lowest BCUT2D eigenvalue weighted by atomic mass is 10.0. The summed E-state index contributed by atoms with van der Waals surface area (Å²) in [7, 11) is -3.64. The second-order valence-electron chi connectivity index (χ2n) is 10.0. The molecule has 0 aromatic heterocycles. The third-order valence-electron chi connectivity index (χ3n) is 7.39. The number of benzene rings is 3. The molecule has 1 fully saturated rings. The first-order valence-corrected chi connectivity index (χ1v) is 14.2. The highest BCUT2D eigenvalue weighted by Gasteiger charge is 2.36. The van der Waals surface area contributed by atoms with Gasteiger partial charge in [-0.05, 0) is 54.7 Å². The largest absolute Gasteiger partial charge is 0.314 e. The Morgan fingerprint density at radius 2 is 1.57 bits per heavy atom. The van der Waals surface area contributed by atoms with E-state index < -0.39 is 10.0 Å². The summed E-state index contributed by atoms with van der Waals surface area (Å²) in [4.78, 5) is 17.7. The zero-order valence-corrected chi connectivity index (χ0v) is 22.1. The van der Waals surface area contributed by atoms with Crippen molar-refractivity contribution in [2.24, 2.45) is 5.92 Å². The monoisotopic (exact) mass is 515 g/mol. The van der Waals surface area contributed by atoms with E-state index in [1.807, 2.05) is 79.5 Å². The minimum Gasteiger partial charge on any atom is -0.314 e. The Balaban J connectivity index is 1.25. The average Bonchev–Trinajstić information content (AvgIpc) is 3.46. The van der Waals surface area contributed by atoms with Crippen molar-refractivity contribution >= 4 is 15.9 Å². The van der Waals surface area contributed by atoms with Gasteiger partial charge in [0.05, 0.1) is 4.90 Å². The van der Waals surface area contributed by atoms with Gasteiger partial charge in [0, 0.05) is 49.9 Å². The predicted molar refractivity (Wildman–Crippen MR) is 146 cm³/mol. The third-order valence-corrected chi connectivity index (χ3v) is 8.88. The molecule has 1 amide bonds. The standard InChI is InChI=1S/C30H33N3O3S/c1-22-10-9-11-23(2)29(22)30(34)33-20-25-18-32(19-26(25)21-33)17-16-28(24-12-5-3-6-13-24)31-37(35,36)27-14-7-4-8-15-27/h3-15,20,26,28,31H,16-19,21H2,1-2H3. The number of nitrogens with zero attached hydrogens (tertiary/aromatic N) is 2. The molecule has 0 spiro atoms. The summed E-state index contributed by atoms with van der Waals surface area (Å²) >= 11 is 0. The molecule has 2 aliphatic rings. The molecule has 0 radical (unpaired) electrons. The van der Waals surface area contributed by atoms with Gasteiger partial charge in [0.2, 0.25) is 10.0 Å². The highest BCUT2D eigenvalue weighted by molar-refractivity contribution is 7.89. The van der Waals surface area contributed by atoms with Crippen molar-refractivity contribution in [1.29, 1.82) is 0 Å². The van der Waals surface area contributed by atoms with Crippen LogP contribution in [0.25, 0.3) is 0 Å². The summed E-state index contributed by atoms with van der Waals surface area (Å²) in [5.74, 6) is 0.396. The van der Waals surface area contributed by atoms with E-state index in [-0.39, 0.29) is 16.8 Å². The summed E-state index contributed by atoms with van der Waals surface area (Å²) < 4.78 is 29.1. The normalized spacial score (nSPS) is 18.5.